The standard InChI is InChI=1S/C15H19N3O2/c1-3-9-19-11-5-7-12(8-6-11)20-15-10-13(16)17-14(4-2)18-15/h5-8,10H,3-4,9H2,1-2H3,(H2,16,17,18). The van der Waals surface area contributed by atoms with E-state index in [1.54, 1.807) is 6.07 Å². The van der Waals surface area contributed by atoms with Gasteiger partial charge in [0.25, 0.3) is 0 Å². The Labute approximate surface area is 118 Å². The van der Waals surface area contributed by atoms with Gasteiger partial charge in [-0.1, -0.05) is 13.8 Å². The molecule has 0 saturated heterocycles. The molecule has 0 radical (unpaired) electrons. The summed E-state index contributed by atoms with van der Waals surface area (Å²) in [6.07, 6.45) is 1.70. The molecular weight excluding hydrogens is 254 g/mol. The van der Waals surface area contributed by atoms with Crippen LogP contribution in [0.25, 0.3) is 0 Å². The zero-order chi connectivity index (χ0) is 14.4. The number of aryl methyl sites for hydroxylation is 1. The Morgan fingerprint density at radius 3 is 2.40 bits per heavy atom. The van der Waals surface area contributed by atoms with E-state index in [2.05, 4.69) is 16.9 Å². The summed E-state index contributed by atoms with van der Waals surface area (Å²) < 4.78 is 11.2. The molecule has 0 aliphatic heterocycles. The van der Waals surface area contributed by atoms with Gasteiger partial charge in [-0.15, -0.1) is 0 Å². The van der Waals surface area contributed by atoms with Crippen molar-refractivity contribution in [3.05, 3.63) is 36.2 Å². The number of nitrogens with two attached hydrogens (primary N) is 1. The lowest BCUT2D eigenvalue weighted by Gasteiger charge is -2.08. The van der Waals surface area contributed by atoms with E-state index < -0.39 is 0 Å². The van der Waals surface area contributed by atoms with Gasteiger partial charge < -0.3 is 15.2 Å². The second-order valence-corrected chi connectivity index (χ2v) is 4.32. The highest BCUT2D eigenvalue weighted by Crippen LogP contribution is 2.23. The summed E-state index contributed by atoms with van der Waals surface area (Å²) in [6, 6.07) is 9.04. The maximum Gasteiger partial charge on any atom is 0.224 e. The average molecular weight is 273 g/mol. The van der Waals surface area contributed by atoms with Crippen LogP contribution in [-0.2, 0) is 6.42 Å². The Kier molecular flexibility index (Phi) is 4.76. The van der Waals surface area contributed by atoms with Crippen molar-refractivity contribution in [3.8, 4) is 17.4 Å². The third-order valence-electron chi connectivity index (χ3n) is 2.60. The normalized spacial score (nSPS) is 10.3. The molecule has 0 atom stereocenters. The van der Waals surface area contributed by atoms with E-state index in [1.807, 2.05) is 31.2 Å². The molecule has 5 nitrogen and oxygen atoms in total. The molecule has 0 aliphatic rings. The second kappa shape index (κ2) is 6.75. The molecule has 0 unspecified atom stereocenters. The van der Waals surface area contributed by atoms with Crippen molar-refractivity contribution in [2.75, 3.05) is 12.3 Å². The Bertz CT molecular complexity index is 556. The molecule has 2 N–H and O–H groups in total. The minimum absolute atomic E-state index is 0.412. The number of nitrogen functional groups attached to an aromatic ring is 1. The van der Waals surface area contributed by atoms with E-state index >= 15 is 0 Å². The number of aromatic nitrogens is 2. The van der Waals surface area contributed by atoms with Gasteiger partial charge in [0.1, 0.15) is 23.1 Å². The summed E-state index contributed by atoms with van der Waals surface area (Å²) in [4.78, 5) is 8.38. The van der Waals surface area contributed by atoms with E-state index in [4.69, 9.17) is 15.2 Å². The second-order valence-electron chi connectivity index (χ2n) is 4.32. The molecule has 2 aromatic rings. The van der Waals surface area contributed by atoms with Crippen LogP contribution in [-0.4, -0.2) is 16.6 Å². The molecule has 1 aromatic carbocycles. The Morgan fingerprint density at radius 1 is 1.05 bits per heavy atom. The third kappa shape index (κ3) is 3.85. The zero-order valence-corrected chi connectivity index (χ0v) is 11.8. The number of ether oxygens (including phenoxy) is 2. The van der Waals surface area contributed by atoms with Crippen LogP contribution in [0.3, 0.4) is 0 Å². The van der Waals surface area contributed by atoms with Gasteiger partial charge in [-0.05, 0) is 30.7 Å². The van der Waals surface area contributed by atoms with Crippen LogP contribution in [0.1, 0.15) is 26.1 Å². The fourth-order valence-corrected chi connectivity index (χ4v) is 1.65. The first kappa shape index (κ1) is 14.1. The molecule has 0 saturated carbocycles. The topological polar surface area (TPSA) is 70.3 Å². The quantitative estimate of drug-likeness (QED) is 0.875. The van der Waals surface area contributed by atoms with Gasteiger partial charge in [0.15, 0.2) is 0 Å². The molecule has 2 rings (SSSR count). The third-order valence-corrected chi connectivity index (χ3v) is 2.60. The van der Waals surface area contributed by atoms with Crippen LogP contribution < -0.4 is 15.2 Å². The monoisotopic (exact) mass is 273 g/mol. The Hall–Kier alpha value is -2.30. The molecule has 0 amide bonds. The molecular formula is C15H19N3O2. The van der Waals surface area contributed by atoms with Crippen LogP contribution in [0.4, 0.5) is 5.82 Å². The molecule has 5 heteroatoms. The number of nitrogens with zero attached hydrogens (tertiary/aromatic N) is 2. The predicted octanol–water partition coefficient (Wildman–Crippen LogP) is 3.20. The highest BCUT2D eigenvalue weighted by molar-refractivity contribution is 5.37. The highest BCUT2D eigenvalue weighted by Gasteiger charge is 2.04. The lowest BCUT2D eigenvalue weighted by atomic mass is 10.3. The minimum Gasteiger partial charge on any atom is -0.494 e. The summed E-state index contributed by atoms with van der Waals surface area (Å²) in [7, 11) is 0. The van der Waals surface area contributed by atoms with E-state index in [9.17, 15) is 0 Å². The predicted molar refractivity (Wildman–Crippen MR) is 78.1 cm³/mol. The lowest BCUT2D eigenvalue weighted by molar-refractivity contribution is 0.317. The Balaban J connectivity index is 2.07. The number of anilines is 1. The van der Waals surface area contributed by atoms with Crippen molar-refractivity contribution in [2.24, 2.45) is 0 Å². The minimum atomic E-state index is 0.412. The van der Waals surface area contributed by atoms with Gasteiger partial charge >= 0.3 is 0 Å². The summed E-state index contributed by atoms with van der Waals surface area (Å²) in [5.41, 5.74) is 5.72. The molecule has 0 aliphatic carbocycles. The summed E-state index contributed by atoms with van der Waals surface area (Å²) >= 11 is 0. The number of rotatable bonds is 6. The van der Waals surface area contributed by atoms with Gasteiger partial charge in [0.05, 0.1) is 6.61 Å². The fourth-order valence-electron chi connectivity index (χ4n) is 1.65. The van der Waals surface area contributed by atoms with Gasteiger partial charge in [-0.3, -0.25) is 0 Å². The van der Waals surface area contributed by atoms with Crippen LogP contribution in [0, 0.1) is 0 Å². The largest absolute Gasteiger partial charge is 0.494 e. The number of benzene rings is 1. The SMILES string of the molecule is CCCOc1ccc(Oc2cc(N)nc(CC)n2)cc1. The molecule has 106 valence electrons. The van der Waals surface area contributed by atoms with Crippen LogP contribution in [0.5, 0.6) is 17.4 Å². The smallest absolute Gasteiger partial charge is 0.224 e. The van der Waals surface area contributed by atoms with Crippen molar-refractivity contribution in [2.45, 2.75) is 26.7 Å². The van der Waals surface area contributed by atoms with Gasteiger partial charge in [0, 0.05) is 12.5 Å². The van der Waals surface area contributed by atoms with Crippen LogP contribution in [0.15, 0.2) is 30.3 Å². The molecule has 20 heavy (non-hydrogen) atoms. The van der Waals surface area contributed by atoms with Crippen molar-refractivity contribution in [3.63, 3.8) is 0 Å². The summed E-state index contributed by atoms with van der Waals surface area (Å²) in [5, 5.41) is 0. The van der Waals surface area contributed by atoms with Crippen molar-refractivity contribution in [1.82, 2.24) is 9.97 Å². The molecule has 0 fully saturated rings. The lowest BCUT2D eigenvalue weighted by Crippen LogP contribution is -2.00. The maximum atomic E-state index is 5.72. The first-order chi connectivity index (χ1) is 9.71. The van der Waals surface area contributed by atoms with E-state index in [1.165, 1.54) is 0 Å². The number of hydrogen-bond acceptors (Lipinski definition) is 5. The Morgan fingerprint density at radius 2 is 1.75 bits per heavy atom. The van der Waals surface area contributed by atoms with Crippen molar-refractivity contribution < 1.29 is 9.47 Å². The summed E-state index contributed by atoms with van der Waals surface area (Å²) in [5.74, 6) is 3.05. The van der Waals surface area contributed by atoms with Crippen LogP contribution >= 0.6 is 0 Å². The van der Waals surface area contributed by atoms with Gasteiger partial charge in [0.2, 0.25) is 5.88 Å². The molecule has 0 bridgehead atoms. The average Bonchev–Trinajstić information content (AvgIpc) is 2.46. The number of hydrogen-bond donors (Lipinski definition) is 1. The fraction of sp³-hybridized carbons (Fsp3) is 0.333. The maximum absolute atomic E-state index is 5.72. The van der Waals surface area contributed by atoms with E-state index in [-0.39, 0.29) is 0 Å². The molecule has 0 spiro atoms. The van der Waals surface area contributed by atoms with Crippen molar-refractivity contribution >= 4 is 5.82 Å². The summed E-state index contributed by atoms with van der Waals surface area (Å²) in [6.45, 7) is 4.75. The first-order valence-corrected chi connectivity index (χ1v) is 6.75. The van der Waals surface area contributed by atoms with E-state index in [0.29, 0.717) is 36.3 Å². The van der Waals surface area contributed by atoms with Gasteiger partial charge in [-0.2, -0.15) is 4.98 Å². The van der Waals surface area contributed by atoms with Gasteiger partial charge in [-0.25, -0.2) is 4.98 Å². The first-order valence-electron chi connectivity index (χ1n) is 6.75. The van der Waals surface area contributed by atoms with Crippen molar-refractivity contribution in [1.29, 1.82) is 0 Å². The van der Waals surface area contributed by atoms with E-state index in [0.717, 1.165) is 12.2 Å². The van der Waals surface area contributed by atoms with Crippen LogP contribution in [0.2, 0.25) is 0 Å². The zero-order valence-electron chi connectivity index (χ0n) is 11.8. The molecule has 1 aromatic heterocycles. The molecule has 1 heterocycles. The highest BCUT2D eigenvalue weighted by atomic mass is 16.5.